The van der Waals surface area contributed by atoms with Crippen molar-refractivity contribution in [3.63, 3.8) is 0 Å². The summed E-state index contributed by atoms with van der Waals surface area (Å²) in [6, 6.07) is -0.0131. The fourth-order valence-corrected chi connectivity index (χ4v) is 2.47. The van der Waals surface area contributed by atoms with Gasteiger partial charge in [0.25, 0.3) is 0 Å². The highest BCUT2D eigenvalue weighted by Crippen LogP contribution is 2.35. The molecule has 0 aliphatic heterocycles. The normalized spacial score (nSPS) is 14.8. The van der Waals surface area contributed by atoms with Gasteiger partial charge in [0.2, 0.25) is 5.16 Å². The molecular weight excluding hydrogens is 238 g/mol. The third-order valence-electron chi connectivity index (χ3n) is 2.34. The summed E-state index contributed by atoms with van der Waals surface area (Å²) >= 11 is 1.55. The summed E-state index contributed by atoms with van der Waals surface area (Å²) in [4.78, 5) is 0. The molecular formula is C9H15N7S. The number of tetrazole rings is 1. The lowest BCUT2D eigenvalue weighted by Crippen LogP contribution is -2.22. The molecule has 0 fully saturated rings. The number of aryl methyl sites for hydroxylation is 2. The summed E-state index contributed by atoms with van der Waals surface area (Å²) in [5.74, 6) is 0. The zero-order valence-corrected chi connectivity index (χ0v) is 10.8. The summed E-state index contributed by atoms with van der Waals surface area (Å²) < 4.78 is 3.40. The van der Waals surface area contributed by atoms with Crippen molar-refractivity contribution in [2.45, 2.75) is 23.4 Å². The SMILES string of the molecule is CC(N)C(Sc1nnnn1C)c1cnn(C)c1. The number of nitrogens with two attached hydrogens (primary N) is 1. The largest absolute Gasteiger partial charge is 0.327 e. The molecule has 2 aromatic rings. The van der Waals surface area contributed by atoms with E-state index in [0.717, 1.165) is 10.7 Å². The van der Waals surface area contributed by atoms with Gasteiger partial charge in [0.15, 0.2) is 0 Å². The molecule has 0 spiro atoms. The summed E-state index contributed by atoms with van der Waals surface area (Å²) in [6.07, 6.45) is 3.79. The Labute approximate surface area is 103 Å². The molecule has 2 unspecified atom stereocenters. The van der Waals surface area contributed by atoms with Crippen LogP contribution in [0.15, 0.2) is 17.6 Å². The monoisotopic (exact) mass is 253 g/mol. The van der Waals surface area contributed by atoms with Gasteiger partial charge in [-0.25, -0.2) is 4.68 Å². The number of nitrogens with zero attached hydrogens (tertiary/aromatic N) is 6. The van der Waals surface area contributed by atoms with E-state index in [1.807, 2.05) is 33.4 Å². The van der Waals surface area contributed by atoms with Crippen LogP contribution in [0.2, 0.25) is 0 Å². The molecule has 0 aromatic carbocycles. The van der Waals surface area contributed by atoms with Crippen molar-refractivity contribution in [1.82, 2.24) is 30.0 Å². The molecule has 2 heterocycles. The highest BCUT2D eigenvalue weighted by Gasteiger charge is 2.21. The smallest absolute Gasteiger partial charge is 0.209 e. The summed E-state index contributed by atoms with van der Waals surface area (Å²) in [5, 5.41) is 16.4. The predicted octanol–water partition coefficient (Wildman–Crippen LogP) is 0.124. The second-order valence-electron chi connectivity index (χ2n) is 3.93. The molecule has 0 saturated heterocycles. The fraction of sp³-hybridized carbons (Fsp3) is 0.556. The zero-order valence-electron chi connectivity index (χ0n) is 9.98. The van der Waals surface area contributed by atoms with Crippen molar-refractivity contribution in [2.75, 3.05) is 0 Å². The van der Waals surface area contributed by atoms with Crippen molar-refractivity contribution in [3.8, 4) is 0 Å². The predicted molar refractivity (Wildman–Crippen MR) is 64.3 cm³/mol. The van der Waals surface area contributed by atoms with E-state index < -0.39 is 0 Å². The number of hydrogen-bond donors (Lipinski definition) is 1. The first kappa shape index (κ1) is 12.1. The standard InChI is InChI=1S/C9H15N7S/c1-6(10)8(7-4-11-15(2)5-7)17-9-12-13-14-16(9)3/h4-6,8H,10H2,1-3H3. The Kier molecular flexibility index (Phi) is 3.43. The zero-order chi connectivity index (χ0) is 12.4. The second-order valence-corrected chi connectivity index (χ2v) is 5.04. The molecule has 2 atom stereocenters. The first-order valence-corrected chi connectivity index (χ1v) is 6.09. The minimum Gasteiger partial charge on any atom is -0.327 e. The molecule has 2 N–H and O–H groups in total. The van der Waals surface area contributed by atoms with Crippen molar-refractivity contribution in [2.24, 2.45) is 19.8 Å². The second kappa shape index (κ2) is 4.84. The van der Waals surface area contributed by atoms with E-state index in [2.05, 4.69) is 20.6 Å². The van der Waals surface area contributed by atoms with Crippen LogP contribution in [0.5, 0.6) is 0 Å². The summed E-state index contributed by atoms with van der Waals surface area (Å²) in [6.45, 7) is 1.97. The molecule has 0 aliphatic rings. The van der Waals surface area contributed by atoms with Crippen LogP contribution in [-0.2, 0) is 14.1 Å². The first-order chi connectivity index (χ1) is 8.08. The van der Waals surface area contributed by atoms with E-state index in [1.54, 1.807) is 21.1 Å². The lowest BCUT2D eigenvalue weighted by atomic mass is 10.1. The van der Waals surface area contributed by atoms with E-state index in [4.69, 9.17) is 5.73 Å². The minimum absolute atomic E-state index is 0.0131. The van der Waals surface area contributed by atoms with E-state index in [-0.39, 0.29) is 11.3 Å². The molecule has 0 bridgehead atoms. The molecule has 17 heavy (non-hydrogen) atoms. The van der Waals surface area contributed by atoms with Gasteiger partial charge in [-0.05, 0) is 17.4 Å². The van der Waals surface area contributed by atoms with Gasteiger partial charge in [0.05, 0.1) is 11.4 Å². The van der Waals surface area contributed by atoms with Crippen molar-refractivity contribution in [1.29, 1.82) is 0 Å². The van der Waals surface area contributed by atoms with E-state index in [9.17, 15) is 0 Å². The Morgan fingerprint density at radius 1 is 1.41 bits per heavy atom. The van der Waals surface area contributed by atoms with Crippen molar-refractivity contribution < 1.29 is 0 Å². The average molecular weight is 253 g/mol. The summed E-state index contributed by atoms with van der Waals surface area (Å²) in [7, 11) is 3.69. The lowest BCUT2D eigenvalue weighted by molar-refractivity contribution is 0.657. The fourth-order valence-electron chi connectivity index (χ4n) is 1.50. The van der Waals surface area contributed by atoms with Gasteiger partial charge in [-0.1, -0.05) is 11.8 Å². The molecule has 92 valence electrons. The lowest BCUT2D eigenvalue weighted by Gasteiger charge is -2.17. The van der Waals surface area contributed by atoms with E-state index in [1.165, 1.54) is 0 Å². The molecule has 8 heteroatoms. The van der Waals surface area contributed by atoms with Gasteiger partial charge in [0.1, 0.15) is 0 Å². The van der Waals surface area contributed by atoms with Crippen LogP contribution in [0.3, 0.4) is 0 Å². The Bertz CT molecular complexity index is 489. The summed E-state index contributed by atoms with van der Waals surface area (Å²) in [5.41, 5.74) is 7.09. The Hall–Kier alpha value is -1.41. The van der Waals surface area contributed by atoms with E-state index in [0.29, 0.717) is 0 Å². The van der Waals surface area contributed by atoms with Gasteiger partial charge in [-0.3, -0.25) is 4.68 Å². The molecule has 0 amide bonds. The molecule has 2 aromatic heterocycles. The van der Waals surface area contributed by atoms with Gasteiger partial charge >= 0.3 is 0 Å². The number of thioether (sulfide) groups is 1. The van der Waals surface area contributed by atoms with Crippen LogP contribution in [0.1, 0.15) is 17.7 Å². The van der Waals surface area contributed by atoms with Crippen molar-refractivity contribution in [3.05, 3.63) is 18.0 Å². The van der Waals surface area contributed by atoms with Gasteiger partial charge < -0.3 is 5.73 Å². The van der Waals surface area contributed by atoms with Crippen LogP contribution in [0, 0.1) is 0 Å². The van der Waals surface area contributed by atoms with Gasteiger partial charge in [0, 0.05) is 31.9 Å². The number of aromatic nitrogens is 6. The molecule has 0 aliphatic carbocycles. The molecule has 0 radical (unpaired) electrons. The minimum atomic E-state index is -0.0131. The molecule has 2 rings (SSSR count). The maximum absolute atomic E-state index is 6.01. The molecule has 0 saturated carbocycles. The van der Waals surface area contributed by atoms with Crippen molar-refractivity contribution >= 4 is 11.8 Å². The Morgan fingerprint density at radius 3 is 2.65 bits per heavy atom. The van der Waals surface area contributed by atoms with Crippen LogP contribution in [-0.4, -0.2) is 36.0 Å². The van der Waals surface area contributed by atoms with Crippen LogP contribution in [0.4, 0.5) is 0 Å². The highest BCUT2D eigenvalue weighted by atomic mass is 32.2. The number of hydrogen-bond acceptors (Lipinski definition) is 6. The number of rotatable bonds is 4. The molecule has 7 nitrogen and oxygen atoms in total. The Morgan fingerprint density at radius 2 is 2.18 bits per heavy atom. The third kappa shape index (κ3) is 2.64. The Balaban J connectivity index is 2.22. The van der Waals surface area contributed by atoms with Crippen LogP contribution in [0.25, 0.3) is 0 Å². The average Bonchev–Trinajstić information content (AvgIpc) is 2.84. The first-order valence-electron chi connectivity index (χ1n) is 5.21. The quantitative estimate of drug-likeness (QED) is 0.779. The van der Waals surface area contributed by atoms with Crippen LogP contribution >= 0.6 is 11.8 Å². The maximum Gasteiger partial charge on any atom is 0.209 e. The third-order valence-corrected chi connectivity index (χ3v) is 3.86. The van der Waals surface area contributed by atoms with Crippen LogP contribution < -0.4 is 5.73 Å². The van der Waals surface area contributed by atoms with Gasteiger partial charge in [-0.2, -0.15) is 5.10 Å². The topological polar surface area (TPSA) is 87.4 Å². The van der Waals surface area contributed by atoms with E-state index >= 15 is 0 Å². The van der Waals surface area contributed by atoms with Gasteiger partial charge in [-0.15, -0.1) is 5.10 Å². The highest BCUT2D eigenvalue weighted by molar-refractivity contribution is 7.99. The maximum atomic E-state index is 6.01.